The SMILES string of the molecule is CCCCCc1nnc(NC(=O)Cn2c(=O)c3c(ncn3C)n(C)c2=O)s1. The molecular formula is C16H21N7O3S. The number of carbonyl (C=O) groups excluding carboxylic acids is 1. The van der Waals surface area contributed by atoms with Crippen LogP contribution in [0.15, 0.2) is 15.9 Å². The highest BCUT2D eigenvalue weighted by Crippen LogP contribution is 2.17. The van der Waals surface area contributed by atoms with Gasteiger partial charge in [0, 0.05) is 20.5 Å². The first-order valence-electron chi connectivity index (χ1n) is 8.65. The summed E-state index contributed by atoms with van der Waals surface area (Å²) in [6.07, 6.45) is 5.53. The van der Waals surface area contributed by atoms with E-state index in [1.165, 1.54) is 33.8 Å². The highest BCUT2D eigenvalue weighted by Gasteiger charge is 2.17. The van der Waals surface area contributed by atoms with Crippen LogP contribution < -0.4 is 16.6 Å². The van der Waals surface area contributed by atoms with Crippen LogP contribution in [0, 0.1) is 0 Å². The average molecular weight is 391 g/mol. The lowest BCUT2D eigenvalue weighted by atomic mass is 10.2. The maximum absolute atomic E-state index is 12.6. The van der Waals surface area contributed by atoms with Gasteiger partial charge in [-0.25, -0.2) is 14.3 Å². The number of fused-ring (bicyclic) bond motifs is 1. The van der Waals surface area contributed by atoms with Crippen LogP contribution in [0.3, 0.4) is 0 Å². The van der Waals surface area contributed by atoms with E-state index in [1.807, 2.05) is 0 Å². The predicted octanol–water partition coefficient (Wildman–Crippen LogP) is 0.657. The summed E-state index contributed by atoms with van der Waals surface area (Å²) in [7, 11) is 3.17. The van der Waals surface area contributed by atoms with Crippen molar-refractivity contribution < 1.29 is 4.79 Å². The van der Waals surface area contributed by atoms with E-state index in [1.54, 1.807) is 7.05 Å². The van der Waals surface area contributed by atoms with Gasteiger partial charge in [0.05, 0.1) is 6.33 Å². The molecule has 3 heterocycles. The van der Waals surface area contributed by atoms with E-state index in [0.29, 0.717) is 5.13 Å². The Hall–Kier alpha value is -2.82. The number of unbranched alkanes of at least 4 members (excludes halogenated alkanes) is 2. The summed E-state index contributed by atoms with van der Waals surface area (Å²) in [6, 6.07) is 0. The van der Waals surface area contributed by atoms with Crippen molar-refractivity contribution in [3.8, 4) is 0 Å². The van der Waals surface area contributed by atoms with Gasteiger partial charge in [-0.15, -0.1) is 10.2 Å². The molecule has 27 heavy (non-hydrogen) atoms. The van der Waals surface area contributed by atoms with Crippen molar-refractivity contribution in [2.24, 2.45) is 14.1 Å². The molecule has 0 saturated heterocycles. The molecular weight excluding hydrogens is 370 g/mol. The number of hydrogen-bond donors (Lipinski definition) is 1. The van der Waals surface area contributed by atoms with Gasteiger partial charge in [0.15, 0.2) is 11.2 Å². The lowest BCUT2D eigenvalue weighted by Gasteiger charge is -2.08. The average Bonchev–Trinajstić information content (AvgIpc) is 3.24. The molecule has 0 radical (unpaired) electrons. The summed E-state index contributed by atoms with van der Waals surface area (Å²) in [5.41, 5.74) is -0.608. The van der Waals surface area contributed by atoms with Crippen molar-refractivity contribution in [2.45, 2.75) is 39.2 Å². The fourth-order valence-electron chi connectivity index (χ4n) is 2.77. The van der Waals surface area contributed by atoms with E-state index in [0.717, 1.165) is 35.3 Å². The second kappa shape index (κ2) is 7.82. The first kappa shape index (κ1) is 19.0. The number of imidazole rings is 1. The van der Waals surface area contributed by atoms with Crippen LogP contribution in [0.5, 0.6) is 0 Å². The van der Waals surface area contributed by atoms with Crippen molar-refractivity contribution in [1.29, 1.82) is 0 Å². The second-order valence-electron chi connectivity index (χ2n) is 6.27. The number of anilines is 1. The summed E-state index contributed by atoms with van der Waals surface area (Å²) in [6.45, 7) is 1.72. The molecule has 3 aromatic heterocycles. The molecule has 0 spiro atoms. The molecule has 1 N–H and O–H groups in total. The van der Waals surface area contributed by atoms with Crippen LogP contribution >= 0.6 is 11.3 Å². The van der Waals surface area contributed by atoms with E-state index in [4.69, 9.17) is 0 Å². The number of aryl methyl sites for hydroxylation is 3. The summed E-state index contributed by atoms with van der Waals surface area (Å²) in [4.78, 5) is 41.4. The Morgan fingerprint density at radius 3 is 2.74 bits per heavy atom. The smallest absolute Gasteiger partial charge is 0.328 e. The zero-order chi connectivity index (χ0) is 19.6. The topological polar surface area (TPSA) is 117 Å². The van der Waals surface area contributed by atoms with Gasteiger partial charge in [-0.2, -0.15) is 0 Å². The molecule has 1 amide bonds. The molecule has 3 rings (SSSR count). The van der Waals surface area contributed by atoms with Crippen molar-refractivity contribution in [3.63, 3.8) is 0 Å². The molecule has 0 aliphatic carbocycles. The van der Waals surface area contributed by atoms with Gasteiger partial charge < -0.3 is 4.57 Å². The lowest BCUT2D eigenvalue weighted by molar-refractivity contribution is -0.116. The van der Waals surface area contributed by atoms with Gasteiger partial charge in [0.25, 0.3) is 5.56 Å². The summed E-state index contributed by atoms with van der Waals surface area (Å²) >= 11 is 1.30. The predicted molar refractivity (Wildman–Crippen MR) is 102 cm³/mol. The van der Waals surface area contributed by atoms with Crippen LogP contribution in [0.25, 0.3) is 11.2 Å². The molecule has 0 unspecified atom stereocenters. The molecule has 0 fully saturated rings. The number of hydrogen-bond acceptors (Lipinski definition) is 7. The molecule has 0 atom stereocenters. The van der Waals surface area contributed by atoms with Crippen molar-refractivity contribution in [1.82, 2.24) is 28.9 Å². The molecule has 0 aliphatic heterocycles. The number of nitrogens with zero attached hydrogens (tertiary/aromatic N) is 6. The largest absolute Gasteiger partial charge is 0.332 e. The number of carbonyl (C=O) groups is 1. The quantitative estimate of drug-likeness (QED) is 0.591. The Labute approximate surface area is 158 Å². The third-order valence-electron chi connectivity index (χ3n) is 4.21. The van der Waals surface area contributed by atoms with Gasteiger partial charge in [-0.1, -0.05) is 31.1 Å². The van der Waals surface area contributed by atoms with Crippen LogP contribution in [0.4, 0.5) is 5.13 Å². The van der Waals surface area contributed by atoms with Crippen LogP contribution in [0.1, 0.15) is 31.2 Å². The first-order valence-corrected chi connectivity index (χ1v) is 9.47. The van der Waals surface area contributed by atoms with Crippen molar-refractivity contribution in [2.75, 3.05) is 5.32 Å². The fourth-order valence-corrected chi connectivity index (χ4v) is 3.57. The van der Waals surface area contributed by atoms with Crippen LogP contribution in [-0.2, 0) is 31.9 Å². The number of amides is 1. The second-order valence-corrected chi connectivity index (χ2v) is 7.33. The van der Waals surface area contributed by atoms with Crippen molar-refractivity contribution >= 4 is 33.5 Å². The minimum Gasteiger partial charge on any atom is -0.328 e. The highest BCUT2D eigenvalue weighted by atomic mass is 32.1. The normalized spacial score (nSPS) is 11.2. The Morgan fingerprint density at radius 1 is 1.22 bits per heavy atom. The summed E-state index contributed by atoms with van der Waals surface area (Å²) < 4.78 is 3.67. The van der Waals surface area contributed by atoms with E-state index in [2.05, 4.69) is 27.4 Å². The molecule has 3 aromatic rings. The van der Waals surface area contributed by atoms with E-state index >= 15 is 0 Å². The van der Waals surface area contributed by atoms with Crippen LogP contribution in [-0.4, -0.2) is 34.8 Å². The molecule has 144 valence electrons. The Morgan fingerprint density at radius 2 is 2.00 bits per heavy atom. The molecule has 10 nitrogen and oxygen atoms in total. The Kier molecular flexibility index (Phi) is 5.49. The van der Waals surface area contributed by atoms with E-state index in [-0.39, 0.29) is 11.2 Å². The van der Waals surface area contributed by atoms with E-state index in [9.17, 15) is 14.4 Å². The first-order chi connectivity index (χ1) is 12.9. The molecule has 0 aromatic carbocycles. The molecule has 0 bridgehead atoms. The van der Waals surface area contributed by atoms with Gasteiger partial charge in [-0.3, -0.25) is 19.5 Å². The maximum atomic E-state index is 12.6. The minimum atomic E-state index is -0.598. The van der Waals surface area contributed by atoms with Gasteiger partial charge >= 0.3 is 5.69 Å². The summed E-state index contributed by atoms with van der Waals surface area (Å²) in [5, 5.41) is 11.8. The maximum Gasteiger partial charge on any atom is 0.332 e. The molecule has 0 saturated carbocycles. The molecule has 0 aliphatic rings. The number of aromatic nitrogens is 6. The lowest BCUT2D eigenvalue weighted by Crippen LogP contribution is -2.42. The number of rotatable bonds is 7. The monoisotopic (exact) mass is 391 g/mol. The third-order valence-corrected chi connectivity index (χ3v) is 5.11. The van der Waals surface area contributed by atoms with Gasteiger partial charge in [0.2, 0.25) is 11.0 Å². The highest BCUT2D eigenvalue weighted by molar-refractivity contribution is 7.15. The summed E-state index contributed by atoms with van der Waals surface area (Å²) in [5.74, 6) is -0.507. The third kappa shape index (κ3) is 3.82. The Balaban J connectivity index is 1.78. The van der Waals surface area contributed by atoms with E-state index < -0.39 is 23.7 Å². The zero-order valence-corrected chi connectivity index (χ0v) is 16.2. The standard InChI is InChI=1S/C16H21N7O3S/c1-4-5-6-7-11-19-20-15(27-11)18-10(24)8-23-14(25)12-13(17-9-21(12)2)22(3)16(23)26/h9H,4-8H2,1-3H3,(H,18,20,24). The van der Waals surface area contributed by atoms with Crippen molar-refractivity contribution in [3.05, 3.63) is 32.2 Å². The number of nitrogens with one attached hydrogen (secondary N) is 1. The van der Waals surface area contributed by atoms with Crippen LogP contribution in [0.2, 0.25) is 0 Å². The fraction of sp³-hybridized carbons (Fsp3) is 0.500. The molecule has 11 heteroatoms. The van der Waals surface area contributed by atoms with Gasteiger partial charge in [-0.05, 0) is 6.42 Å². The van der Waals surface area contributed by atoms with Gasteiger partial charge in [0.1, 0.15) is 11.6 Å². The Bertz CT molecular complexity index is 1090. The minimum absolute atomic E-state index is 0.263. The zero-order valence-electron chi connectivity index (χ0n) is 15.4.